The summed E-state index contributed by atoms with van der Waals surface area (Å²) in [5, 5.41) is 0. The number of alkyl halides is 2. The van der Waals surface area contributed by atoms with Gasteiger partial charge < -0.3 is 9.64 Å². The number of halogens is 2. The molecule has 0 unspecified atom stereocenters. The minimum atomic E-state index is -2.87. The molecule has 4 nitrogen and oxygen atoms in total. The summed E-state index contributed by atoms with van der Waals surface area (Å²) in [6, 6.07) is 16.2. The van der Waals surface area contributed by atoms with E-state index < -0.39 is 6.61 Å². The molecule has 138 valence electrons. The van der Waals surface area contributed by atoms with E-state index in [1.807, 2.05) is 30.0 Å². The van der Waals surface area contributed by atoms with Crippen LogP contribution in [0.15, 0.2) is 54.6 Å². The lowest BCUT2D eigenvalue weighted by molar-refractivity contribution is -0.0498. The summed E-state index contributed by atoms with van der Waals surface area (Å²) in [6.07, 6.45) is 0. The number of piperazine rings is 1. The molecule has 6 heteroatoms. The van der Waals surface area contributed by atoms with Crippen LogP contribution < -0.4 is 4.74 Å². The van der Waals surface area contributed by atoms with Crippen molar-refractivity contribution >= 4 is 5.91 Å². The first-order valence-electron chi connectivity index (χ1n) is 8.65. The number of carbonyl (C=O) groups is 1. The lowest BCUT2D eigenvalue weighted by atomic mass is 10.1. The summed E-state index contributed by atoms with van der Waals surface area (Å²) in [5.41, 5.74) is 1.74. The molecule has 2 aromatic rings. The van der Waals surface area contributed by atoms with Crippen LogP contribution in [0.3, 0.4) is 0 Å². The van der Waals surface area contributed by atoms with Gasteiger partial charge in [0.15, 0.2) is 0 Å². The largest absolute Gasteiger partial charge is 0.435 e. The highest BCUT2D eigenvalue weighted by Crippen LogP contribution is 2.19. The van der Waals surface area contributed by atoms with Crippen molar-refractivity contribution in [1.82, 2.24) is 9.80 Å². The zero-order valence-corrected chi connectivity index (χ0v) is 14.6. The van der Waals surface area contributed by atoms with Crippen LogP contribution in [0.5, 0.6) is 5.75 Å². The standard InChI is InChI=1S/C20H22F2N2O2/c1-15-13-23(14-16-5-3-2-4-6-16)11-12-24(15)19(25)17-7-9-18(10-8-17)26-20(21)22/h2-10,15,20H,11-14H2,1H3/t15-/m1/s1. The fourth-order valence-corrected chi connectivity index (χ4v) is 3.26. The van der Waals surface area contributed by atoms with Crippen molar-refractivity contribution in [2.45, 2.75) is 26.1 Å². The first-order valence-corrected chi connectivity index (χ1v) is 8.65. The molecule has 1 aliphatic rings. The van der Waals surface area contributed by atoms with E-state index in [1.165, 1.54) is 29.8 Å². The van der Waals surface area contributed by atoms with E-state index in [2.05, 4.69) is 21.8 Å². The van der Waals surface area contributed by atoms with Gasteiger partial charge in [-0.25, -0.2) is 0 Å². The van der Waals surface area contributed by atoms with E-state index in [4.69, 9.17) is 0 Å². The number of hydrogen-bond acceptors (Lipinski definition) is 3. The third-order valence-corrected chi connectivity index (χ3v) is 4.55. The highest BCUT2D eigenvalue weighted by Gasteiger charge is 2.28. The number of amides is 1. The lowest BCUT2D eigenvalue weighted by Gasteiger charge is -2.40. The maximum absolute atomic E-state index is 12.7. The SMILES string of the molecule is C[C@@H]1CN(Cc2ccccc2)CCN1C(=O)c1ccc(OC(F)F)cc1. The Morgan fingerprint density at radius 2 is 1.81 bits per heavy atom. The molecule has 3 rings (SSSR count). The van der Waals surface area contributed by atoms with E-state index >= 15 is 0 Å². The van der Waals surface area contributed by atoms with Gasteiger partial charge in [0.1, 0.15) is 5.75 Å². The van der Waals surface area contributed by atoms with Gasteiger partial charge in [-0.2, -0.15) is 8.78 Å². The molecule has 1 saturated heterocycles. The van der Waals surface area contributed by atoms with Crippen LogP contribution in [0.25, 0.3) is 0 Å². The summed E-state index contributed by atoms with van der Waals surface area (Å²) in [5.74, 6) is -0.0299. The Morgan fingerprint density at radius 3 is 2.42 bits per heavy atom. The number of hydrogen-bond donors (Lipinski definition) is 0. The van der Waals surface area contributed by atoms with E-state index in [9.17, 15) is 13.6 Å². The molecule has 0 radical (unpaired) electrons. The molecule has 1 heterocycles. The molecule has 2 aromatic carbocycles. The minimum Gasteiger partial charge on any atom is -0.435 e. The van der Waals surface area contributed by atoms with Gasteiger partial charge >= 0.3 is 6.61 Å². The second-order valence-corrected chi connectivity index (χ2v) is 6.47. The van der Waals surface area contributed by atoms with Crippen LogP contribution in [-0.2, 0) is 6.54 Å². The van der Waals surface area contributed by atoms with Crippen LogP contribution in [0.4, 0.5) is 8.78 Å². The maximum Gasteiger partial charge on any atom is 0.387 e. The second-order valence-electron chi connectivity index (χ2n) is 6.47. The van der Waals surface area contributed by atoms with Crippen molar-refractivity contribution in [3.63, 3.8) is 0 Å². The molecular formula is C20H22F2N2O2. The topological polar surface area (TPSA) is 32.8 Å². The van der Waals surface area contributed by atoms with E-state index in [-0.39, 0.29) is 17.7 Å². The first kappa shape index (κ1) is 18.3. The van der Waals surface area contributed by atoms with Gasteiger partial charge in [-0.05, 0) is 36.8 Å². The summed E-state index contributed by atoms with van der Waals surface area (Å²) >= 11 is 0. The summed E-state index contributed by atoms with van der Waals surface area (Å²) in [6.45, 7) is 2.28. The Balaban J connectivity index is 1.59. The predicted molar refractivity (Wildman–Crippen MR) is 95.3 cm³/mol. The third-order valence-electron chi connectivity index (χ3n) is 4.55. The summed E-state index contributed by atoms with van der Waals surface area (Å²) in [7, 11) is 0. The number of ether oxygens (including phenoxy) is 1. The Labute approximate surface area is 152 Å². The van der Waals surface area contributed by atoms with Crippen LogP contribution in [0.1, 0.15) is 22.8 Å². The predicted octanol–water partition coefficient (Wildman–Crippen LogP) is 3.63. The highest BCUT2D eigenvalue weighted by molar-refractivity contribution is 5.94. The minimum absolute atomic E-state index is 0.0530. The van der Waals surface area contributed by atoms with Crippen molar-refractivity contribution in [3.8, 4) is 5.75 Å². The zero-order chi connectivity index (χ0) is 18.5. The van der Waals surface area contributed by atoms with Gasteiger partial charge in [0, 0.05) is 37.8 Å². The van der Waals surface area contributed by atoms with Crippen molar-refractivity contribution in [2.24, 2.45) is 0 Å². The molecule has 1 atom stereocenters. The molecule has 0 saturated carbocycles. The van der Waals surface area contributed by atoms with Gasteiger partial charge in [-0.15, -0.1) is 0 Å². The molecule has 1 fully saturated rings. The Bertz CT molecular complexity index is 722. The number of carbonyl (C=O) groups excluding carboxylic acids is 1. The Morgan fingerprint density at radius 1 is 1.12 bits per heavy atom. The highest BCUT2D eigenvalue weighted by atomic mass is 19.3. The van der Waals surface area contributed by atoms with Gasteiger partial charge in [-0.1, -0.05) is 30.3 Å². The van der Waals surface area contributed by atoms with Gasteiger partial charge in [0.2, 0.25) is 0 Å². The number of rotatable bonds is 5. The average molecular weight is 360 g/mol. The molecule has 0 aromatic heterocycles. The van der Waals surface area contributed by atoms with Crippen LogP contribution in [-0.4, -0.2) is 48.0 Å². The normalized spacial score (nSPS) is 18.2. The van der Waals surface area contributed by atoms with Crippen LogP contribution >= 0.6 is 0 Å². The number of benzene rings is 2. The summed E-state index contributed by atoms with van der Waals surface area (Å²) in [4.78, 5) is 16.9. The van der Waals surface area contributed by atoms with Gasteiger partial charge in [0.25, 0.3) is 5.91 Å². The molecule has 1 aliphatic heterocycles. The fourth-order valence-electron chi connectivity index (χ4n) is 3.26. The molecule has 0 aliphatic carbocycles. The van der Waals surface area contributed by atoms with Crippen molar-refractivity contribution in [1.29, 1.82) is 0 Å². The van der Waals surface area contributed by atoms with Crippen molar-refractivity contribution in [3.05, 3.63) is 65.7 Å². The molecule has 0 N–H and O–H groups in total. The molecule has 1 amide bonds. The van der Waals surface area contributed by atoms with E-state index in [0.717, 1.165) is 19.6 Å². The molecular weight excluding hydrogens is 338 g/mol. The molecule has 0 spiro atoms. The Hall–Kier alpha value is -2.47. The van der Waals surface area contributed by atoms with E-state index in [0.29, 0.717) is 12.1 Å². The second kappa shape index (κ2) is 8.27. The van der Waals surface area contributed by atoms with Gasteiger partial charge in [0.05, 0.1) is 0 Å². The van der Waals surface area contributed by atoms with Gasteiger partial charge in [-0.3, -0.25) is 9.69 Å². The maximum atomic E-state index is 12.7. The zero-order valence-electron chi connectivity index (χ0n) is 14.6. The molecule has 0 bridgehead atoms. The quantitative estimate of drug-likeness (QED) is 0.816. The van der Waals surface area contributed by atoms with Crippen molar-refractivity contribution < 1.29 is 18.3 Å². The van der Waals surface area contributed by atoms with E-state index in [1.54, 1.807) is 0 Å². The third kappa shape index (κ3) is 4.58. The average Bonchev–Trinajstić information content (AvgIpc) is 2.62. The first-order chi connectivity index (χ1) is 12.5. The lowest BCUT2D eigenvalue weighted by Crippen LogP contribution is -2.53. The fraction of sp³-hybridized carbons (Fsp3) is 0.350. The Kier molecular flexibility index (Phi) is 5.83. The van der Waals surface area contributed by atoms with Crippen LogP contribution in [0, 0.1) is 0 Å². The van der Waals surface area contributed by atoms with Crippen molar-refractivity contribution in [2.75, 3.05) is 19.6 Å². The smallest absolute Gasteiger partial charge is 0.387 e. The summed E-state index contributed by atoms with van der Waals surface area (Å²) < 4.78 is 28.7. The molecule has 26 heavy (non-hydrogen) atoms. The monoisotopic (exact) mass is 360 g/mol. The number of nitrogens with zero attached hydrogens (tertiary/aromatic N) is 2. The van der Waals surface area contributed by atoms with Crippen LogP contribution in [0.2, 0.25) is 0 Å².